The van der Waals surface area contributed by atoms with Crippen molar-refractivity contribution >= 4 is 35.6 Å². The van der Waals surface area contributed by atoms with Crippen LogP contribution in [-0.4, -0.2) is 41.2 Å². The molecule has 6 nitrogen and oxygen atoms in total. The zero-order valence-electron chi connectivity index (χ0n) is 17.1. The van der Waals surface area contributed by atoms with Crippen molar-refractivity contribution in [2.75, 3.05) is 24.5 Å². The Morgan fingerprint density at radius 1 is 1.29 bits per heavy atom. The summed E-state index contributed by atoms with van der Waals surface area (Å²) in [6.45, 7) is 11.0. The third-order valence-corrected chi connectivity index (χ3v) is 4.74. The summed E-state index contributed by atoms with van der Waals surface area (Å²) in [5.74, 6) is 2.48. The minimum atomic E-state index is 0. The summed E-state index contributed by atoms with van der Waals surface area (Å²) in [7, 11) is 0. The molecule has 0 amide bonds. The number of anilines is 1. The van der Waals surface area contributed by atoms with Crippen LogP contribution in [0.2, 0.25) is 0 Å². The van der Waals surface area contributed by atoms with Crippen LogP contribution in [0, 0.1) is 5.92 Å². The monoisotopic (exact) mass is 496 g/mol. The third-order valence-electron chi connectivity index (χ3n) is 4.74. The Morgan fingerprint density at radius 2 is 2.07 bits per heavy atom. The molecule has 3 rings (SSSR count). The van der Waals surface area contributed by atoms with Crippen molar-refractivity contribution in [3.63, 3.8) is 0 Å². The van der Waals surface area contributed by atoms with Gasteiger partial charge in [0.1, 0.15) is 12.4 Å². The van der Waals surface area contributed by atoms with Crippen molar-refractivity contribution in [1.82, 2.24) is 20.2 Å². The quantitative estimate of drug-likeness (QED) is 0.350. The van der Waals surface area contributed by atoms with E-state index in [0.717, 1.165) is 44.4 Å². The molecule has 0 aliphatic carbocycles. The lowest BCUT2D eigenvalue weighted by molar-refractivity contribution is 0.507. The molecule has 0 bridgehead atoms. The fraction of sp³-hybridized carbons (Fsp3) is 0.524. The number of hydrogen-bond donors (Lipinski definition) is 2. The van der Waals surface area contributed by atoms with Crippen molar-refractivity contribution in [2.45, 2.75) is 46.3 Å². The molecule has 1 fully saturated rings. The van der Waals surface area contributed by atoms with Crippen LogP contribution >= 0.6 is 24.0 Å². The van der Waals surface area contributed by atoms with Crippen LogP contribution in [0.3, 0.4) is 0 Å². The van der Waals surface area contributed by atoms with Crippen LogP contribution in [0.5, 0.6) is 0 Å². The van der Waals surface area contributed by atoms with Gasteiger partial charge in [-0.3, -0.25) is 0 Å². The Hall–Kier alpha value is -1.77. The summed E-state index contributed by atoms with van der Waals surface area (Å²) in [5, 5.41) is 6.97. The van der Waals surface area contributed by atoms with Gasteiger partial charge in [-0.15, -0.1) is 24.0 Å². The van der Waals surface area contributed by atoms with E-state index in [0.29, 0.717) is 18.5 Å². The standard InChI is InChI=1S/C21H32N6.HI/c1-4-22-21(24-14-20-23-11-13-27(20)15-17(2)3)25-18-10-12-26(16-18)19-8-6-5-7-9-19;/h5-9,11,13,17-18H,4,10,12,14-16H2,1-3H3,(H2,22,24,25);1H. The minimum absolute atomic E-state index is 0. The second-order valence-corrected chi connectivity index (χ2v) is 7.50. The number of imidazole rings is 1. The molecule has 0 radical (unpaired) electrons. The van der Waals surface area contributed by atoms with Crippen LogP contribution in [0.4, 0.5) is 5.69 Å². The van der Waals surface area contributed by atoms with Gasteiger partial charge in [-0.1, -0.05) is 32.0 Å². The van der Waals surface area contributed by atoms with Crippen molar-refractivity contribution < 1.29 is 0 Å². The maximum atomic E-state index is 4.78. The number of aromatic nitrogens is 2. The number of nitrogens with zero attached hydrogens (tertiary/aromatic N) is 4. The highest BCUT2D eigenvalue weighted by Gasteiger charge is 2.23. The number of rotatable bonds is 7. The second kappa shape index (κ2) is 11.3. The molecule has 1 atom stereocenters. The molecular weight excluding hydrogens is 463 g/mol. The first-order valence-corrected chi connectivity index (χ1v) is 10.0. The number of halogens is 1. The molecule has 1 aliphatic rings. The van der Waals surface area contributed by atoms with E-state index in [-0.39, 0.29) is 24.0 Å². The van der Waals surface area contributed by atoms with E-state index < -0.39 is 0 Å². The smallest absolute Gasteiger partial charge is 0.191 e. The number of para-hydroxylation sites is 1. The van der Waals surface area contributed by atoms with Gasteiger partial charge in [0.2, 0.25) is 0 Å². The van der Waals surface area contributed by atoms with Crippen molar-refractivity contribution in [3.8, 4) is 0 Å². The van der Waals surface area contributed by atoms with Gasteiger partial charge in [-0.05, 0) is 31.4 Å². The average Bonchev–Trinajstić information content (AvgIpc) is 3.30. The molecule has 1 aromatic carbocycles. The van der Waals surface area contributed by atoms with Gasteiger partial charge >= 0.3 is 0 Å². The second-order valence-electron chi connectivity index (χ2n) is 7.50. The van der Waals surface area contributed by atoms with Crippen LogP contribution in [0.1, 0.15) is 33.0 Å². The molecule has 7 heteroatoms. The Labute approximate surface area is 185 Å². The summed E-state index contributed by atoms with van der Waals surface area (Å²) in [6.07, 6.45) is 5.02. The van der Waals surface area contributed by atoms with Crippen molar-refractivity contribution in [1.29, 1.82) is 0 Å². The van der Waals surface area contributed by atoms with Gasteiger partial charge in [0.25, 0.3) is 0 Å². The number of benzene rings is 1. The van der Waals surface area contributed by atoms with Crippen LogP contribution in [0.25, 0.3) is 0 Å². The molecule has 0 saturated carbocycles. The van der Waals surface area contributed by atoms with Gasteiger partial charge < -0.3 is 20.1 Å². The molecule has 154 valence electrons. The summed E-state index contributed by atoms with van der Waals surface area (Å²) in [6, 6.07) is 11.0. The van der Waals surface area contributed by atoms with E-state index in [1.165, 1.54) is 5.69 Å². The van der Waals surface area contributed by atoms with Gasteiger partial charge in [0.15, 0.2) is 5.96 Å². The lowest BCUT2D eigenvalue weighted by atomic mass is 10.2. The first-order chi connectivity index (χ1) is 13.2. The Balaban J connectivity index is 0.00000280. The number of hydrogen-bond acceptors (Lipinski definition) is 3. The van der Waals surface area contributed by atoms with Gasteiger partial charge in [-0.25, -0.2) is 9.98 Å². The third kappa shape index (κ3) is 6.39. The van der Waals surface area contributed by atoms with E-state index in [1.54, 1.807) is 0 Å². The SMILES string of the molecule is CCNC(=NCc1nccn1CC(C)C)NC1CCN(c2ccccc2)C1.I. The van der Waals surface area contributed by atoms with Crippen LogP contribution in [0.15, 0.2) is 47.7 Å². The fourth-order valence-corrected chi connectivity index (χ4v) is 3.47. The van der Waals surface area contributed by atoms with Gasteiger partial charge in [0.05, 0.1) is 0 Å². The summed E-state index contributed by atoms with van der Waals surface area (Å²) in [4.78, 5) is 11.7. The highest BCUT2D eigenvalue weighted by Crippen LogP contribution is 2.19. The molecule has 1 saturated heterocycles. The highest BCUT2D eigenvalue weighted by molar-refractivity contribution is 14.0. The normalized spacial score (nSPS) is 16.9. The van der Waals surface area contributed by atoms with E-state index in [4.69, 9.17) is 4.99 Å². The Bertz CT molecular complexity index is 728. The summed E-state index contributed by atoms with van der Waals surface area (Å²) in [5.41, 5.74) is 1.29. The number of guanidine groups is 1. The number of aliphatic imine (C=N–C) groups is 1. The maximum Gasteiger partial charge on any atom is 0.191 e. The molecule has 1 unspecified atom stereocenters. The van der Waals surface area contributed by atoms with Crippen molar-refractivity contribution in [3.05, 3.63) is 48.5 Å². The fourth-order valence-electron chi connectivity index (χ4n) is 3.47. The molecule has 0 spiro atoms. The summed E-state index contributed by atoms with van der Waals surface area (Å²) >= 11 is 0. The molecular formula is C21H33IN6. The van der Waals surface area contributed by atoms with E-state index in [1.807, 2.05) is 12.4 Å². The van der Waals surface area contributed by atoms with Crippen molar-refractivity contribution in [2.24, 2.45) is 10.9 Å². The molecule has 1 aromatic heterocycles. The molecule has 2 N–H and O–H groups in total. The van der Waals surface area contributed by atoms with Crippen LogP contribution < -0.4 is 15.5 Å². The minimum Gasteiger partial charge on any atom is -0.369 e. The van der Waals surface area contributed by atoms with E-state index >= 15 is 0 Å². The molecule has 2 heterocycles. The molecule has 1 aliphatic heterocycles. The molecule has 2 aromatic rings. The lowest BCUT2D eigenvalue weighted by Crippen LogP contribution is -2.44. The summed E-state index contributed by atoms with van der Waals surface area (Å²) < 4.78 is 2.20. The zero-order valence-corrected chi connectivity index (χ0v) is 19.5. The first kappa shape index (κ1) is 22.5. The van der Waals surface area contributed by atoms with E-state index in [2.05, 4.69) is 76.2 Å². The predicted octanol–water partition coefficient (Wildman–Crippen LogP) is 3.49. The zero-order chi connectivity index (χ0) is 19.1. The Kier molecular flexibility index (Phi) is 9.08. The first-order valence-electron chi connectivity index (χ1n) is 10.0. The number of nitrogens with one attached hydrogen (secondary N) is 2. The lowest BCUT2D eigenvalue weighted by Gasteiger charge is -2.20. The maximum absolute atomic E-state index is 4.78. The highest BCUT2D eigenvalue weighted by atomic mass is 127. The largest absolute Gasteiger partial charge is 0.369 e. The predicted molar refractivity (Wildman–Crippen MR) is 127 cm³/mol. The Morgan fingerprint density at radius 3 is 2.79 bits per heavy atom. The topological polar surface area (TPSA) is 57.5 Å². The molecule has 28 heavy (non-hydrogen) atoms. The van der Waals surface area contributed by atoms with Gasteiger partial charge in [0, 0.05) is 50.3 Å². The van der Waals surface area contributed by atoms with E-state index in [9.17, 15) is 0 Å². The average molecular weight is 496 g/mol. The van der Waals surface area contributed by atoms with Crippen LogP contribution in [-0.2, 0) is 13.1 Å². The van der Waals surface area contributed by atoms with Gasteiger partial charge in [-0.2, -0.15) is 0 Å².